The lowest BCUT2D eigenvalue weighted by Gasteiger charge is -2.27. The zero-order valence-corrected chi connectivity index (χ0v) is 14.5. The van der Waals surface area contributed by atoms with Gasteiger partial charge in [0.25, 0.3) is 5.91 Å². The normalized spacial score (nSPS) is 11.3. The summed E-state index contributed by atoms with van der Waals surface area (Å²) in [6, 6.07) is 6.32. The molecule has 1 aromatic carbocycles. The summed E-state index contributed by atoms with van der Waals surface area (Å²) in [7, 11) is 1.44. The molecule has 1 N–H and O–H groups in total. The minimum atomic E-state index is -4.65. The van der Waals surface area contributed by atoms with Gasteiger partial charge in [0.15, 0.2) is 0 Å². The van der Waals surface area contributed by atoms with E-state index in [1.807, 2.05) is 32.0 Å². The van der Waals surface area contributed by atoms with Gasteiger partial charge in [0, 0.05) is 25.5 Å². The van der Waals surface area contributed by atoms with E-state index in [9.17, 15) is 18.0 Å². The van der Waals surface area contributed by atoms with Gasteiger partial charge in [-0.25, -0.2) is 4.98 Å². The number of amides is 1. The maximum absolute atomic E-state index is 13.4. The van der Waals surface area contributed by atoms with E-state index in [2.05, 4.69) is 10.3 Å². The highest BCUT2D eigenvalue weighted by atomic mass is 19.4. The van der Waals surface area contributed by atoms with Crippen LogP contribution in [0.4, 0.5) is 24.7 Å². The lowest BCUT2D eigenvalue weighted by molar-refractivity contribution is -0.137. The number of benzene rings is 1. The van der Waals surface area contributed by atoms with Gasteiger partial charge in [0.1, 0.15) is 5.82 Å². The Kier molecular flexibility index (Phi) is 5.35. The molecule has 1 heterocycles. The molecule has 2 aromatic rings. The van der Waals surface area contributed by atoms with E-state index >= 15 is 0 Å². The standard InChI is InChI=1S/C18H20F3N3O/c1-5-24(15-11(2)7-6-8-12(15)3)17(25)14-13(18(19,20)21)9-10-23-16(14)22-4/h6-10H,5H2,1-4H3,(H,22,23). The maximum atomic E-state index is 13.4. The largest absolute Gasteiger partial charge is 0.417 e. The van der Waals surface area contributed by atoms with E-state index in [1.54, 1.807) is 6.92 Å². The number of aryl methyl sites for hydroxylation is 2. The third-order valence-corrected chi connectivity index (χ3v) is 3.98. The summed E-state index contributed by atoms with van der Waals surface area (Å²) >= 11 is 0. The minimum absolute atomic E-state index is 0.0930. The molecule has 134 valence electrons. The van der Waals surface area contributed by atoms with Crippen molar-refractivity contribution in [3.05, 3.63) is 52.7 Å². The van der Waals surface area contributed by atoms with Crippen LogP contribution < -0.4 is 10.2 Å². The number of hydrogen-bond acceptors (Lipinski definition) is 3. The highest BCUT2D eigenvalue weighted by Gasteiger charge is 2.38. The summed E-state index contributed by atoms with van der Waals surface area (Å²) in [5, 5.41) is 2.59. The topological polar surface area (TPSA) is 45.2 Å². The van der Waals surface area contributed by atoms with Gasteiger partial charge in [-0.1, -0.05) is 18.2 Å². The monoisotopic (exact) mass is 351 g/mol. The number of alkyl halides is 3. The number of carbonyl (C=O) groups excluding carboxylic acids is 1. The molecule has 7 heteroatoms. The minimum Gasteiger partial charge on any atom is -0.372 e. The third kappa shape index (κ3) is 3.60. The number of rotatable bonds is 4. The Hall–Kier alpha value is -2.57. The van der Waals surface area contributed by atoms with Crippen molar-refractivity contribution in [2.24, 2.45) is 0 Å². The molecule has 0 saturated carbocycles. The predicted octanol–water partition coefficient (Wildman–Crippen LogP) is 4.43. The number of para-hydroxylation sites is 1. The molecule has 25 heavy (non-hydrogen) atoms. The molecule has 0 bridgehead atoms. The lowest BCUT2D eigenvalue weighted by Crippen LogP contribution is -2.34. The van der Waals surface area contributed by atoms with Crippen LogP contribution in [0.2, 0.25) is 0 Å². The molecule has 0 unspecified atom stereocenters. The molecule has 4 nitrogen and oxygen atoms in total. The first-order chi connectivity index (χ1) is 11.7. The van der Waals surface area contributed by atoms with Crippen molar-refractivity contribution >= 4 is 17.4 Å². The number of carbonyl (C=O) groups is 1. The van der Waals surface area contributed by atoms with Crippen LogP contribution in [0.3, 0.4) is 0 Å². The average molecular weight is 351 g/mol. The van der Waals surface area contributed by atoms with Crippen LogP contribution in [-0.2, 0) is 6.18 Å². The second kappa shape index (κ2) is 7.13. The molecule has 2 rings (SSSR count). The van der Waals surface area contributed by atoms with Crippen molar-refractivity contribution in [3.63, 3.8) is 0 Å². The molecule has 1 aromatic heterocycles. The Bertz CT molecular complexity index is 767. The van der Waals surface area contributed by atoms with Gasteiger partial charge in [-0.05, 0) is 38.0 Å². The maximum Gasteiger partial charge on any atom is 0.417 e. The molecule has 0 aliphatic rings. The van der Waals surface area contributed by atoms with Crippen molar-refractivity contribution in [1.29, 1.82) is 0 Å². The van der Waals surface area contributed by atoms with E-state index in [0.717, 1.165) is 23.4 Å². The third-order valence-electron chi connectivity index (χ3n) is 3.98. The summed E-state index contributed by atoms with van der Waals surface area (Å²) in [5.41, 5.74) is 0.787. The number of pyridine rings is 1. The lowest BCUT2D eigenvalue weighted by atomic mass is 10.0. The molecule has 0 spiro atoms. The highest BCUT2D eigenvalue weighted by Crippen LogP contribution is 2.36. The fourth-order valence-corrected chi connectivity index (χ4v) is 2.87. The van der Waals surface area contributed by atoms with Gasteiger partial charge < -0.3 is 10.2 Å². The van der Waals surface area contributed by atoms with Crippen LogP contribution in [0.15, 0.2) is 30.5 Å². The van der Waals surface area contributed by atoms with E-state index in [-0.39, 0.29) is 12.4 Å². The predicted molar refractivity (Wildman–Crippen MR) is 92.1 cm³/mol. The number of nitrogens with zero attached hydrogens (tertiary/aromatic N) is 2. The number of anilines is 2. The Morgan fingerprint density at radius 3 is 2.28 bits per heavy atom. The van der Waals surface area contributed by atoms with Crippen molar-refractivity contribution < 1.29 is 18.0 Å². The van der Waals surface area contributed by atoms with Crippen molar-refractivity contribution in [1.82, 2.24) is 4.98 Å². The molecule has 0 aliphatic heterocycles. The molecule has 0 fully saturated rings. The van der Waals surface area contributed by atoms with Crippen LogP contribution in [0.5, 0.6) is 0 Å². The van der Waals surface area contributed by atoms with Crippen molar-refractivity contribution in [2.75, 3.05) is 23.8 Å². The van der Waals surface area contributed by atoms with Crippen molar-refractivity contribution in [2.45, 2.75) is 26.9 Å². The summed E-state index contributed by atoms with van der Waals surface area (Å²) in [4.78, 5) is 18.3. The summed E-state index contributed by atoms with van der Waals surface area (Å²) in [5.74, 6) is -0.825. The van der Waals surface area contributed by atoms with Gasteiger partial charge in [0.05, 0.1) is 11.1 Å². The number of hydrogen-bond donors (Lipinski definition) is 1. The number of halogens is 3. The Morgan fingerprint density at radius 1 is 1.20 bits per heavy atom. The van der Waals surface area contributed by atoms with Gasteiger partial charge >= 0.3 is 6.18 Å². The van der Waals surface area contributed by atoms with Gasteiger partial charge in [0.2, 0.25) is 0 Å². The van der Waals surface area contributed by atoms with Gasteiger partial charge in [-0.3, -0.25) is 4.79 Å². The molecule has 0 saturated heterocycles. The Balaban J connectivity index is 2.67. The first-order valence-corrected chi connectivity index (χ1v) is 7.84. The van der Waals surface area contributed by atoms with E-state index in [1.165, 1.54) is 11.9 Å². The average Bonchev–Trinajstić information content (AvgIpc) is 2.56. The number of aromatic nitrogens is 1. The molecule has 1 amide bonds. The quantitative estimate of drug-likeness (QED) is 0.887. The Labute approximate surface area is 144 Å². The fourth-order valence-electron chi connectivity index (χ4n) is 2.87. The van der Waals surface area contributed by atoms with Crippen molar-refractivity contribution in [3.8, 4) is 0 Å². The summed E-state index contributed by atoms with van der Waals surface area (Å²) < 4.78 is 40.3. The fraction of sp³-hybridized carbons (Fsp3) is 0.333. The van der Waals surface area contributed by atoms with Gasteiger partial charge in [-0.2, -0.15) is 13.2 Å². The van der Waals surface area contributed by atoms with E-state index in [4.69, 9.17) is 0 Å². The smallest absolute Gasteiger partial charge is 0.372 e. The first kappa shape index (κ1) is 18.8. The second-order valence-corrected chi connectivity index (χ2v) is 5.62. The summed E-state index contributed by atoms with van der Waals surface area (Å²) in [6.45, 7) is 5.61. The Morgan fingerprint density at radius 2 is 1.80 bits per heavy atom. The van der Waals surface area contributed by atoms with Crippen LogP contribution >= 0.6 is 0 Å². The second-order valence-electron chi connectivity index (χ2n) is 5.62. The first-order valence-electron chi connectivity index (χ1n) is 7.84. The van der Waals surface area contributed by atoms with Crippen LogP contribution in [0.25, 0.3) is 0 Å². The molecule has 0 radical (unpaired) electrons. The molecular weight excluding hydrogens is 331 g/mol. The zero-order chi connectivity index (χ0) is 18.8. The highest BCUT2D eigenvalue weighted by molar-refractivity contribution is 6.10. The summed E-state index contributed by atoms with van der Waals surface area (Å²) in [6.07, 6.45) is -3.61. The van der Waals surface area contributed by atoms with Crippen LogP contribution in [0, 0.1) is 13.8 Å². The zero-order valence-electron chi connectivity index (χ0n) is 14.5. The van der Waals surface area contributed by atoms with E-state index in [0.29, 0.717) is 5.69 Å². The van der Waals surface area contributed by atoms with Gasteiger partial charge in [-0.15, -0.1) is 0 Å². The molecule has 0 aliphatic carbocycles. The molecular formula is C18H20F3N3O. The van der Waals surface area contributed by atoms with E-state index < -0.39 is 23.2 Å². The SMILES string of the molecule is CCN(C(=O)c1c(C(F)(F)F)ccnc1NC)c1c(C)cccc1C. The molecule has 0 atom stereocenters. The number of nitrogens with one attached hydrogen (secondary N) is 1. The van der Waals surface area contributed by atoms with Crippen LogP contribution in [-0.4, -0.2) is 24.5 Å². The van der Waals surface area contributed by atoms with Crippen LogP contribution in [0.1, 0.15) is 34.0 Å².